The third kappa shape index (κ3) is 2.05. The molecule has 0 amide bonds. The molecule has 0 radical (unpaired) electrons. The summed E-state index contributed by atoms with van der Waals surface area (Å²) in [5, 5.41) is 10.8. The molecule has 2 rings (SSSR count). The van der Waals surface area contributed by atoms with E-state index >= 15 is 0 Å². The number of hydrogen-bond acceptors (Lipinski definition) is 3. The van der Waals surface area contributed by atoms with Crippen molar-refractivity contribution in [1.82, 2.24) is 0 Å². The minimum absolute atomic E-state index is 0.181. The molecule has 1 aromatic rings. The summed E-state index contributed by atoms with van der Waals surface area (Å²) >= 11 is 0. The molecule has 2 N–H and O–H groups in total. The lowest BCUT2D eigenvalue weighted by Gasteiger charge is -2.43. The highest BCUT2D eigenvalue weighted by molar-refractivity contribution is 5.42. The highest BCUT2D eigenvalue weighted by Gasteiger charge is 2.39. The van der Waals surface area contributed by atoms with Crippen molar-refractivity contribution in [3.8, 4) is 0 Å². The number of rotatable bonds is 3. The van der Waals surface area contributed by atoms with Crippen molar-refractivity contribution in [2.24, 2.45) is 11.7 Å². The fraction of sp³-hybridized carbons (Fsp3) is 0.538. The van der Waals surface area contributed by atoms with Crippen molar-refractivity contribution >= 4 is 5.69 Å². The van der Waals surface area contributed by atoms with Gasteiger partial charge in [0, 0.05) is 18.2 Å². The number of hydrogen-bond donors (Lipinski definition) is 1. The third-order valence-electron chi connectivity index (χ3n) is 3.94. The molecule has 0 saturated heterocycles. The van der Waals surface area contributed by atoms with Crippen LogP contribution >= 0.6 is 0 Å². The first-order valence-electron chi connectivity index (χ1n) is 6.05. The van der Waals surface area contributed by atoms with Crippen molar-refractivity contribution in [2.45, 2.75) is 38.6 Å². The number of nitrogens with two attached hydrogens (primary N) is 1. The van der Waals surface area contributed by atoms with Crippen molar-refractivity contribution in [3.63, 3.8) is 0 Å². The quantitative estimate of drug-likeness (QED) is 0.645. The van der Waals surface area contributed by atoms with E-state index < -0.39 is 0 Å². The number of aryl methyl sites for hydroxylation is 1. The van der Waals surface area contributed by atoms with Crippen molar-refractivity contribution in [2.75, 3.05) is 0 Å². The van der Waals surface area contributed by atoms with Crippen LogP contribution in [0.25, 0.3) is 0 Å². The largest absolute Gasteiger partial charge is 0.327 e. The Balaban J connectivity index is 2.32. The molecule has 0 spiro atoms. The van der Waals surface area contributed by atoms with E-state index in [4.69, 9.17) is 5.73 Å². The van der Waals surface area contributed by atoms with Gasteiger partial charge in [0.05, 0.1) is 4.92 Å². The Hall–Kier alpha value is -1.42. The van der Waals surface area contributed by atoms with Crippen molar-refractivity contribution in [3.05, 3.63) is 39.4 Å². The minimum atomic E-state index is -0.331. The highest BCUT2D eigenvalue weighted by atomic mass is 16.6. The predicted molar refractivity (Wildman–Crippen MR) is 66.9 cm³/mol. The molecule has 0 aliphatic heterocycles. The summed E-state index contributed by atoms with van der Waals surface area (Å²) in [4.78, 5) is 10.5. The molecule has 0 bridgehead atoms. The Kier molecular flexibility index (Phi) is 3.15. The molecule has 4 nitrogen and oxygen atoms in total. The van der Waals surface area contributed by atoms with Crippen molar-refractivity contribution < 1.29 is 4.92 Å². The number of non-ortho nitro benzene ring substituents is 1. The van der Waals surface area contributed by atoms with Crippen molar-refractivity contribution in [1.29, 1.82) is 0 Å². The van der Waals surface area contributed by atoms with E-state index in [-0.39, 0.29) is 16.7 Å². The van der Waals surface area contributed by atoms with Gasteiger partial charge in [-0.05, 0) is 36.3 Å². The molecular weight excluding hydrogens is 216 g/mol. The summed E-state index contributed by atoms with van der Waals surface area (Å²) in [7, 11) is 0. The molecule has 3 unspecified atom stereocenters. The van der Waals surface area contributed by atoms with Gasteiger partial charge in [-0.1, -0.05) is 19.4 Å². The second-order valence-electron chi connectivity index (χ2n) is 4.88. The lowest BCUT2D eigenvalue weighted by Crippen LogP contribution is -2.45. The molecule has 1 aliphatic rings. The Morgan fingerprint density at radius 2 is 2.24 bits per heavy atom. The summed E-state index contributed by atoms with van der Waals surface area (Å²) in [5.41, 5.74) is 8.39. The Morgan fingerprint density at radius 3 is 2.76 bits per heavy atom. The second-order valence-corrected chi connectivity index (χ2v) is 4.88. The third-order valence-corrected chi connectivity index (χ3v) is 3.94. The van der Waals surface area contributed by atoms with Crippen LogP contribution in [-0.4, -0.2) is 11.0 Å². The Bertz CT molecular complexity index is 445. The number of benzene rings is 1. The standard InChI is InChI=1S/C13H18N2O2/c1-3-10-12(7-13(10)14)11-6-9(15(16)17)5-4-8(11)2/h4-6,10,12-13H,3,7,14H2,1-2H3. The van der Waals surface area contributed by atoms with Gasteiger partial charge in [-0.3, -0.25) is 10.1 Å². The van der Waals surface area contributed by atoms with Crippen LogP contribution in [0.5, 0.6) is 0 Å². The normalized spacial score (nSPS) is 27.6. The highest BCUT2D eigenvalue weighted by Crippen LogP contribution is 2.45. The van der Waals surface area contributed by atoms with E-state index in [2.05, 4.69) is 6.92 Å². The average Bonchev–Trinajstić information content (AvgIpc) is 2.27. The molecule has 3 atom stereocenters. The average molecular weight is 234 g/mol. The van der Waals surface area contributed by atoms with Crippen LogP contribution in [0, 0.1) is 23.0 Å². The smallest absolute Gasteiger partial charge is 0.269 e. The van der Waals surface area contributed by atoms with Crippen LogP contribution in [0.4, 0.5) is 5.69 Å². The molecular formula is C13H18N2O2. The van der Waals surface area contributed by atoms with E-state index in [9.17, 15) is 10.1 Å². The molecule has 92 valence electrons. The zero-order valence-electron chi connectivity index (χ0n) is 10.2. The lowest BCUT2D eigenvalue weighted by molar-refractivity contribution is -0.385. The fourth-order valence-electron chi connectivity index (χ4n) is 2.83. The summed E-state index contributed by atoms with van der Waals surface area (Å²) in [6, 6.07) is 5.38. The van der Waals surface area contributed by atoms with Gasteiger partial charge in [0.1, 0.15) is 0 Å². The van der Waals surface area contributed by atoms with E-state index in [1.807, 2.05) is 13.0 Å². The van der Waals surface area contributed by atoms with Gasteiger partial charge >= 0.3 is 0 Å². The number of nitrogens with zero attached hydrogens (tertiary/aromatic N) is 1. The molecule has 0 heterocycles. The van der Waals surface area contributed by atoms with Crippen LogP contribution in [0.15, 0.2) is 18.2 Å². The zero-order chi connectivity index (χ0) is 12.6. The summed E-state index contributed by atoms with van der Waals surface area (Å²) in [5.74, 6) is 0.866. The SMILES string of the molecule is CCC1C(N)CC1c1cc([N+](=O)[O-])ccc1C. The fourth-order valence-corrected chi connectivity index (χ4v) is 2.83. The first-order chi connectivity index (χ1) is 8.04. The van der Waals surface area contributed by atoms with Gasteiger partial charge in [-0.15, -0.1) is 0 Å². The Labute approximate surface area is 101 Å². The second kappa shape index (κ2) is 4.45. The van der Waals surface area contributed by atoms with Gasteiger partial charge in [0.15, 0.2) is 0 Å². The molecule has 1 fully saturated rings. The monoisotopic (exact) mass is 234 g/mol. The lowest BCUT2D eigenvalue weighted by atomic mass is 9.64. The summed E-state index contributed by atoms with van der Waals surface area (Å²) in [6.45, 7) is 4.14. The molecule has 1 aromatic carbocycles. The van der Waals surface area contributed by atoms with E-state index in [0.29, 0.717) is 11.8 Å². The first kappa shape index (κ1) is 12.0. The molecule has 0 aromatic heterocycles. The predicted octanol–water partition coefficient (Wildman–Crippen LogP) is 2.74. The minimum Gasteiger partial charge on any atom is -0.327 e. The Morgan fingerprint density at radius 1 is 1.53 bits per heavy atom. The zero-order valence-corrected chi connectivity index (χ0v) is 10.2. The molecule has 1 aliphatic carbocycles. The number of nitro groups is 1. The summed E-state index contributed by atoms with van der Waals surface area (Å²) < 4.78 is 0. The van der Waals surface area contributed by atoms with Crippen LogP contribution in [0.3, 0.4) is 0 Å². The van der Waals surface area contributed by atoms with Gasteiger partial charge in [-0.2, -0.15) is 0 Å². The van der Waals surface area contributed by atoms with Gasteiger partial charge in [0.2, 0.25) is 0 Å². The van der Waals surface area contributed by atoms with Gasteiger partial charge in [-0.25, -0.2) is 0 Å². The van der Waals surface area contributed by atoms with Crippen LogP contribution < -0.4 is 5.73 Å². The van der Waals surface area contributed by atoms with Crippen LogP contribution in [-0.2, 0) is 0 Å². The van der Waals surface area contributed by atoms with Crippen LogP contribution in [0.2, 0.25) is 0 Å². The van der Waals surface area contributed by atoms with Gasteiger partial charge < -0.3 is 5.73 Å². The molecule has 17 heavy (non-hydrogen) atoms. The topological polar surface area (TPSA) is 69.2 Å². The first-order valence-corrected chi connectivity index (χ1v) is 6.05. The van der Waals surface area contributed by atoms with Gasteiger partial charge in [0.25, 0.3) is 5.69 Å². The summed E-state index contributed by atoms with van der Waals surface area (Å²) in [6.07, 6.45) is 1.98. The van der Waals surface area contributed by atoms with Crippen LogP contribution in [0.1, 0.15) is 36.8 Å². The van der Waals surface area contributed by atoms with E-state index in [1.165, 1.54) is 0 Å². The maximum absolute atomic E-state index is 10.8. The van der Waals surface area contributed by atoms with E-state index in [1.54, 1.807) is 12.1 Å². The maximum atomic E-state index is 10.8. The maximum Gasteiger partial charge on any atom is 0.269 e. The number of nitro benzene ring substituents is 1. The molecule has 1 saturated carbocycles. The molecule has 4 heteroatoms. The van der Waals surface area contributed by atoms with E-state index in [0.717, 1.165) is 24.0 Å².